The first-order valence-corrected chi connectivity index (χ1v) is 6.13. The predicted molar refractivity (Wildman–Crippen MR) is 57.6 cm³/mol. The first-order chi connectivity index (χ1) is 7.49. The van der Waals surface area contributed by atoms with E-state index in [2.05, 4.69) is 0 Å². The van der Waals surface area contributed by atoms with Crippen LogP contribution in [0.4, 0.5) is 4.79 Å². The Balaban J connectivity index is 1.78. The van der Waals surface area contributed by atoms with Crippen LogP contribution in [-0.2, 0) is 4.74 Å². The zero-order chi connectivity index (χ0) is 11.4. The summed E-state index contributed by atoms with van der Waals surface area (Å²) in [5.74, 6) is 1.26. The van der Waals surface area contributed by atoms with Crippen LogP contribution in [0.5, 0.6) is 0 Å². The Morgan fingerprint density at radius 1 is 1.31 bits per heavy atom. The maximum atomic E-state index is 10.7. The third kappa shape index (κ3) is 1.59. The minimum absolute atomic E-state index is 0.0217. The first-order valence-electron chi connectivity index (χ1n) is 6.13. The molecule has 4 aliphatic rings. The molecule has 0 radical (unpaired) electrons. The Morgan fingerprint density at radius 3 is 2.44 bits per heavy atom. The molecular weight excluding hydrogens is 206 g/mol. The maximum Gasteiger partial charge on any atom is 0.404 e. The minimum Gasteiger partial charge on any atom is -0.449 e. The summed E-state index contributed by atoms with van der Waals surface area (Å²) < 4.78 is 5.00. The van der Waals surface area contributed by atoms with Crippen molar-refractivity contribution in [3.05, 3.63) is 0 Å². The number of nitrogens with two attached hydrogens (primary N) is 1. The van der Waals surface area contributed by atoms with Gasteiger partial charge in [0.2, 0.25) is 0 Å². The van der Waals surface area contributed by atoms with E-state index in [0.717, 1.165) is 32.1 Å². The highest BCUT2D eigenvalue weighted by molar-refractivity contribution is 5.64. The summed E-state index contributed by atoms with van der Waals surface area (Å²) in [7, 11) is 0. The summed E-state index contributed by atoms with van der Waals surface area (Å²) in [5.41, 5.74) is 4.57. The Bertz CT molecular complexity index is 314. The fourth-order valence-electron chi connectivity index (χ4n) is 4.79. The number of rotatable bonds is 2. The van der Waals surface area contributed by atoms with Gasteiger partial charge in [-0.1, -0.05) is 0 Å². The molecule has 16 heavy (non-hydrogen) atoms. The molecule has 4 bridgehead atoms. The average Bonchev–Trinajstić information content (AvgIpc) is 2.10. The Hall–Kier alpha value is -0.770. The Morgan fingerprint density at radius 2 is 1.94 bits per heavy atom. The van der Waals surface area contributed by atoms with Gasteiger partial charge in [-0.05, 0) is 50.4 Å². The van der Waals surface area contributed by atoms with E-state index in [1.807, 2.05) is 0 Å². The number of primary amides is 1. The number of carbonyl (C=O) groups excluding carboxylic acids is 1. The van der Waals surface area contributed by atoms with Crippen molar-refractivity contribution < 1.29 is 14.6 Å². The van der Waals surface area contributed by atoms with Crippen LogP contribution >= 0.6 is 0 Å². The molecule has 90 valence electrons. The van der Waals surface area contributed by atoms with Gasteiger partial charge in [0.1, 0.15) is 0 Å². The van der Waals surface area contributed by atoms with Crippen molar-refractivity contribution in [3.63, 3.8) is 0 Å². The van der Waals surface area contributed by atoms with Gasteiger partial charge in [-0.2, -0.15) is 0 Å². The molecule has 4 aliphatic carbocycles. The molecule has 0 saturated heterocycles. The van der Waals surface area contributed by atoms with E-state index in [4.69, 9.17) is 10.5 Å². The van der Waals surface area contributed by atoms with Gasteiger partial charge in [-0.25, -0.2) is 4.79 Å². The molecule has 0 aromatic heterocycles. The molecule has 0 aromatic rings. The molecule has 4 saturated carbocycles. The predicted octanol–water partition coefficient (Wildman–Crippen LogP) is 1.41. The zero-order valence-corrected chi connectivity index (χ0v) is 9.45. The molecule has 4 heteroatoms. The quantitative estimate of drug-likeness (QED) is 0.746. The summed E-state index contributed by atoms with van der Waals surface area (Å²) in [6, 6.07) is 0. The molecule has 0 spiro atoms. The molecule has 2 atom stereocenters. The van der Waals surface area contributed by atoms with Crippen molar-refractivity contribution in [3.8, 4) is 0 Å². The lowest BCUT2D eigenvalue weighted by molar-refractivity contribution is -0.174. The van der Waals surface area contributed by atoms with Crippen molar-refractivity contribution in [2.24, 2.45) is 23.0 Å². The highest BCUT2D eigenvalue weighted by atomic mass is 16.5. The number of ether oxygens (including phenoxy) is 1. The van der Waals surface area contributed by atoms with Gasteiger partial charge in [-0.15, -0.1) is 0 Å². The van der Waals surface area contributed by atoms with Crippen molar-refractivity contribution in [2.45, 2.75) is 44.1 Å². The van der Waals surface area contributed by atoms with Crippen LogP contribution in [0.2, 0.25) is 0 Å². The monoisotopic (exact) mass is 225 g/mol. The molecule has 4 nitrogen and oxygen atoms in total. The number of hydrogen-bond acceptors (Lipinski definition) is 3. The van der Waals surface area contributed by atoms with Crippen LogP contribution in [0.15, 0.2) is 0 Å². The highest BCUT2D eigenvalue weighted by Crippen LogP contribution is 2.61. The van der Waals surface area contributed by atoms with Crippen LogP contribution in [0.3, 0.4) is 0 Å². The maximum absolute atomic E-state index is 10.7. The van der Waals surface area contributed by atoms with Gasteiger partial charge in [0, 0.05) is 5.41 Å². The Labute approximate surface area is 95.1 Å². The highest BCUT2D eigenvalue weighted by Gasteiger charge is 2.57. The second kappa shape index (κ2) is 3.13. The molecule has 2 unspecified atom stereocenters. The van der Waals surface area contributed by atoms with Crippen molar-refractivity contribution in [1.29, 1.82) is 0 Å². The largest absolute Gasteiger partial charge is 0.449 e. The van der Waals surface area contributed by atoms with E-state index < -0.39 is 11.7 Å². The molecule has 0 aliphatic heterocycles. The molecule has 1 amide bonds. The van der Waals surface area contributed by atoms with Gasteiger partial charge in [0.15, 0.2) is 0 Å². The SMILES string of the molecule is NC(=O)OCC12CC3CC(CC(O)(C3)C1)C2. The first kappa shape index (κ1) is 10.4. The van der Waals surface area contributed by atoms with Crippen LogP contribution in [0.1, 0.15) is 38.5 Å². The second-order valence-corrected chi connectivity index (χ2v) is 6.29. The smallest absolute Gasteiger partial charge is 0.404 e. The lowest BCUT2D eigenvalue weighted by Crippen LogP contribution is -2.57. The van der Waals surface area contributed by atoms with Gasteiger partial charge in [-0.3, -0.25) is 0 Å². The van der Waals surface area contributed by atoms with Crippen LogP contribution in [0.25, 0.3) is 0 Å². The fourth-order valence-corrected chi connectivity index (χ4v) is 4.79. The molecule has 4 rings (SSSR count). The summed E-state index contributed by atoms with van der Waals surface area (Å²) >= 11 is 0. The number of carbonyl (C=O) groups is 1. The molecular formula is C12H19NO3. The lowest BCUT2D eigenvalue weighted by Gasteiger charge is -2.59. The van der Waals surface area contributed by atoms with Crippen LogP contribution in [-0.4, -0.2) is 23.4 Å². The number of hydrogen-bond donors (Lipinski definition) is 2. The Kier molecular flexibility index (Phi) is 2.03. The summed E-state index contributed by atoms with van der Waals surface area (Å²) in [6.07, 6.45) is 5.44. The van der Waals surface area contributed by atoms with Gasteiger partial charge >= 0.3 is 6.09 Å². The summed E-state index contributed by atoms with van der Waals surface area (Å²) in [5, 5.41) is 10.5. The van der Waals surface area contributed by atoms with E-state index in [-0.39, 0.29) is 5.41 Å². The van der Waals surface area contributed by atoms with Crippen molar-refractivity contribution in [2.75, 3.05) is 6.61 Å². The molecule has 4 fully saturated rings. The van der Waals surface area contributed by atoms with Crippen LogP contribution < -0.4 is 5.73 Å². The van der Waals surface area contributed by atoms with Crippen LogP contribution in [0, 0.1) is 17.3 Å². The fraction of sp³-hybridized carbons (Fsp3) is 0.917. The van der Waals surface area contributed by atoms with Crippen molar-refractivity contribution >= 4 is 6.09 Å². The number of amides is 1. The number of aliphatic hydroxyl groups is 1. The lowest BCUT2D eigenvalue weighted by atomic mass is 9.48. The van der Waals surface area contributed by atoms with E-state index in [1.54, 1.807) is 0 Å². The van der Waals surface area contributed by atoms with E-state index in [0.29, 0.717) is 18.4 Å². The van der Waals surface area contributed by atoms with Gasteiger partial charge in [0.05, 0.1) is 12.2 Å². The van der Waals surface area contributed by atoms with Gasteiger partial charge in [0.25, 0.3) is 0 Å². The molecule has 0 heterocycles. The van der Waals surface area contributed by atoms with E-state index in [1.165, 1.54) is 6.42 Å². The standard InChI is InChI=1S/C12H19NO3/c13-10(14)16-7-11-2-8-1-9(3-11)5-12(15,4-8)6-11/h8-9,15H,1-7H2,(H2,13,14). The average molecular weight is 225 g/mol. The third-order valence-electron chi connectivity index (χ3n) is 4.67. The molecule has 0 aromatic carbocycles. The van der Waals surface area contributed by atoms with Gasteiger partial charge < -0.3 is 15.6 Å². The van der Waals surface area contributed by atoms with E-state index in [9.17, 15) is 9.90 Å². The normalized spacial score (nSPS) is 49.3. The topological polar surface area (TPSA) is 72.6 Å². The summed E-state index contributed by atoms with van der Waals surface area (Å²) in [4.78, 5) is 10.7. The molecule has 3 N–H and O–H groups in total. The van der Waals surface area contributed by atoms with E-state index >= 15 is 0 Å². The summed E-state index contributed by atoms with van der Waals surface area (Å²) in [6.45, 7) is 0.400. The van der Waals surface area contributed by atoms with Crippen molar-refractivity contribution in [1.82, 2.24) is 0 Å². The second-order valence-electron chi connectivity index (χ2n) is 6.29. The third-order valence-corrected chi connectivity index (χ3v) is 4.67. The minimum atomic E-state index is -0.692. The zero-order valence-electron chi connectivity index (χ0n) is 9.45.